The molecule has 2 aromatic carbocycles. The fourth-order valence-corrected chi connectivity index (χ4v) is 9.53. The molecule has 9 atom stereocenters. The van der Waals surface area contributed by atoms with Gasteiger partial charge in [-0.2, -0.15) is 0 Å². The molecule has 4 aliphatic rings. The molecule has 1 amide bonds. The Kier molecular flexibility index (Phi) is 8.86. The summed E-state index contributed by atoms with van der Waals surface area (Å²) in [7, 11) is 1.51. The first kappa shape index (κ1) is 34.3. The van der Waals surface area contributed by atoms with Crippen LogP contribution in [0.4, 0.5) is 0 Å². The van der Waals surface area contributed by atoms with Gasteiger partial charge in [-0.05, 0) is 57.1 Å². The molecule has 3 fully saturated rings. The number of esters is 1. The zero-order valence-electron chi connectivity index (χ0n) is 28.5. The molecule has 6 rings (SSSR count). The van der Waals surface area contributed by atoms with Crippen LogP contribution < -0.4 is 0 Å². The lowest BCUT2D eigenvalue weighted by Gasteiger charge is -2.66. The molecular formula is C38H47NO9. The second-order valence-corrected chi connectivity index (χ2v) is 15.0. The molecule has 0 radical (unpaired) electrons. The van der Waals surface area contributed by atoms with Crippen LogP contribution in [0.3, 0.4) is 0 Å². The minimum absolute atomic E-state index is 0.0170. The van der Waals surface area contributed by atoms with Crippen molar-refractivity contribution in [3.05, 3.63) is 83.4 Å². The maximum Gasteiger partial charge on any atom is 0.340 e. The van der Waals surface area contributed by atoms with Crippen molar-refractivity contribution in [2.24, 2.45) is 17.3 Å². The third-order valence-electron chi connectivity index (χ3n) is 11.3. The molecule has 2 bridgehead atoms. The minimum Gasteiger partial charge on any atom is -0.478 e. The number of amides is 1. The highest BCUT2D eigenvalue weighted by atomic mass is 16.6. The maximum absolute atomic E-state index is 13.1. The molecule has 9 unspecified atom stereocenters. The van der Waals surface area contributed by atoms with Crippen molar-refractivity contribution in [3.63, 3.8) is 0 Å². The summed E-state index contributed by atoms with van der Waals surface area (Å²) in [5.41, 5.74) is -2.96. The predicted molar refractivity (Wildman–Crippen MR) is 175 cm³/mol. The number of carbonyl (C=O) groups excluding carboxylic acids is 2. The van der Waals surface area contributed by atoms with Gasteiger partial charge in [0.1, 0.15) is 35.7 Å². The van der Waals surface area contributed by atoms with Crippen molar-refractivity contribution in [2.75, 3.05) is 7.05 Å². The molecule has 2 N–H and O–H groups in total. The van der Waals surface area contributed by atoms with E-state index in [0.29, 0.717) is 19.3 Å². The van der Waals surface area contributed by atoms with Crippen molar-refractivity contribution >= 4 is 17.8 Å². The topological polar surface area (TPSA) is 132 Å². The summed E-state index contributed by atoms with van der Waals surface area (Å²) in [4.78, 5) is 39.0. The molecule has 48 heavy (non-hydrogen) atoms. The summed E-state index contributed by atoms with van der Waals surface area (Å²) in [6, 6.07) is 19.9. The number of carboxylic acids is 1. The van der Waals surface area contributed by atoms with Gasteiger partial charge in [-0.15, -0.1) is 0 Å². The first-order chi connectivity index (χ1) is 22.6. The first-order valence-electron chi connectivity index (χ1n) is 16.8. The number of ether oxygens (including phenoxy) is 4. The molecule has 1 spiro atoms. The van der Waals surface area contributed by atoms with Gasteiger partial charge in [0.05, 0.1) is 23.7 Å². The van der Waals surface area contributed by atoms with Crippen molar-refractivity contribution in [1.29, 1.82) is 0 Å². The lowest BCUT2D eigenvalue weighted by Crippen LogP contribution is -2.79. The molecule has 2 aliphatic carbocycles. The summed E-state index contributed by atoms with van der Waals surface area (Å²) >= 11 is 0. The van der Waals surface area contributed by atoms with E-state index in [2.05, 4.69) is 19.1 Å². The molecule has 2 saturated carbocycles. The Morgan fingerprint density at radius 1 is 0.958 bits per heavy atom. The van der Waals surface area contributed by atoms with Gasteiger partial charge in [-0.3, -0.25) is 9.59 Å². The van der Waals surface area contributed by atoms with E-state index < -0.39 is 70.5 Å². The highest BCUT2D eigenvalue weighted by Gasteiger charge is 2.82. The molecule has 1 saturated heterocycles. The van der Waals surface area contributed by atoms with Crippen LogP contribution in [-0.2, 0) is 46.4 Å². The normalized spacial score (nSPS) is 37.0. The fourth-order valence-electron chi connectivity index (χ4n) is 9.53. The number of nitrogens with zero attached hydrogens (tertiary/aromatic N) is 1. The van der Waals surface area contributed by atoms with Gasteiger partial charge < -0.3 is 34.1 Å². The van der Waals surface area contributed by atoms with Gasteiger partial charge in [0, 0.05) is 25.8 Å². The Morgan fingerprint density at radius 3 is 2.19 bits per heavy atom. The summed E-state index contributed by atoms with van der Waals surface area (Å²) in [5, 5.41) is 22.4. The van der Waals surface area contributed by atoms with Gasteiger partial charge in [-0.25, -0.2) is 4.79 Å². The fraction of sp³-hybridized carbons (Fsp3) is 0.553. The van der Waals surface area contributed by atoms with E-state index in [-0.39, 0.29) is 24.5 Å². The van der Waals surface area contributed by atoms with E-state index in [9.17, 15) is 24.6 Å². The SMILES string of the molecule is CC(=O)OC1C2C(OC3CC=C(C(=O)O)C(=O)N3C)C3(OC2(C)C)C(C)(O)CC(Cc2ccccc2)CC3(C)C1OCc1ccccc1. The lowest BCUT2D eigenvalue weighted by atomic mass is 9.46. The van der Waals surface area contributed by atoms with Gasteiger partial charge >= 0.3 is 11.9 Å². The van der Waals surface area contributed by atoms with Crippen molar-refractivity contribution in [3.8, 4) is 0 Å². The van der Waals surface area contributed by atoms with Gasteiger partial charge in [0.15, 0.2) is 0 Å². The van der Waals surface area contributed by atoms with Crippen LogP contribution in [0.25, 0.3) is 0 Å². The first-order valence-corrected chi connectivity index (χ1v) is 16.8. The number of carboxylic acid groups (broad SMARTS) is 1. The Labute approximate surface area is 282 Å². The number of rotatable bonds is 9. The number of aliphatic carboxylic acids is 1. The zero-order valence-corrected chi connectivity index (χ0v) is 28.5. The Morgan fingerprint density at radius 2 is 1.58 bits per heavy atom. The van der Waals surface area contributed by atoms with E-state index in [1.165, 1.54) is 24.9 Å². The second-order valence-electron chi connectivity index (χ2n) is 15.0. The number of hydrogen-bond donors (Lipinski definition) is 2. The van der Waals surface area contributed by atoms with Crippen LogP contribution in [0.1, 0.15) is 65.0 Å². The van der Waals surface area contributed by atoms with Crippen molar-refractivity contribution in [2.45, 2.75) is 108 Å². The second kappa shape index (κ2) is 12.4. The smallest absolute Gasteiger partial charge is 0.340 e. The highest BCUT2D eigenvalue weighted by molar-refractivity contribution is 6.16. The largest absolute Gasteiger partial charge is 0.478 e. The zero-order chi connectivity index (χ0) is 34.6. The third kappa shape index (κ3) is 5.56. The van der Waals surface area contributed by atoms with Gasteiger partial charge in [-0.1, -0.05) is 73.7 Å². The van der Waals surface area contributed by atoms with Crippen LogP contribution >= 0.6 is 0 Å². The summed E-state index contributed by atoms with van der Waals surface area (Å²) in [6.45, 7) is 9.32. The molecule has 2 heterocycles. The van der Waals surface area contributed by atoms with Crippen LogP contribution in [0, 0.1) is 17.3 Å². The lowest BCUT2D eigenvalue weighted by molar-refractivity contribution is -0.339. The Bertz CT molecular complexity index is 1570. The Hall–Kier alpha value is -3.57. The van der Waals surface area contributed by atoms with Crippen molar-refractivity contribution in [1.82, 2.24) is 4.90 Å². The van der Waals surface area contributed by atoms with Crippen LogP contribution in [0.15, 0.2) is 72.3 Å². The monoisotopic (exact) mass is 661 g/mol. The summed E-state index contributed by atoms with van der Waals surface area (Å²) in [6.07, 6.45) is -0.0101. The van der Waals surface area contributed by atoms with E-state index >= 15 is 0 Å². The molecule has 2 aromatic rings. The van der Waals surface area contributed by atoms with E-state index in [0.717, 1.165) is 11.1 Å². The van der Waals surface area contributed by atoms with Crippen molar-refractivity contribution < 1.29 is 43.5 Å². The summed E-state index contributed by atoms with van der Waals surface area (Å²) < 4.78 is 27.2. The van der Waals surface area contributed by atoms with E-state index in [4.69, 9.17) is 18.9 Å². The number of hydrogen-bond acceptors (Lipinski definition) is 8. The summed E-state index contributed by atoms with van der Waals surface area (Å²) in [5.74, 6) is -3.04. The quantitative estimate of drug-likeness (QED) is 0.291. The highest BCUT2D eigenvalue weighted by Crippen LogP contribution is 2.69. The standard InChI is InChI=1S/C38H47NO9/c1-23(40)46-30-29-31(47-28-18-17-27(34(42)43)33(41)39(28)6)38(48-35(29,2)3)36(4,32(30)45-22-25-15-11-8-12-16-25)20-26(21-37(38,5)44)19-24-13-9-7-10-14-24/h7-17,26,28-32,44H,18-22H2,1-6H3,(H,42,43). The van der Waals surface area contributed by atoms with Crippen LogP contribution in [-0.4, -0.2) is 81.3 Å². The van der Waals surface area contributed by atoms with E-state index in [1.54, 1.807) is 6.92 Å². The molecule has 0 aromatic heterocycles. The number of aliphatic hydroxyl groups is 1. The predicted octanol–water partition coefficient (Wildman–Crippen LogP) is 4.68. The molecule has 2 aliphatic heterocycles. The Balaban J connectivity index is 1.49. The van der Waals surface area contributed by atoms with Crippen LogP contribution in [0.5, 0.6) is 0 Å². The number of carbonyl (C=O) groups is 3. The van der Waals surface area contributed by atoms with Crippen LogP contribution in [0.2, 0.25) is 0 Å². The molecule has 10 nitrogen and oxygen atoms in total. The van der Waals surface area contributed by atoms with E-state index in [1.807, 2.05) is 62.4 Å². The average Bonchev–Trinajstić information content (AvgIpc) is 3.22. The van der Waals surface area contributed by atoms with Gasteiger partial charge in [0.2, 0.25) is 0 Å². The molecular weight excluding hydrogens is 614 g/mol. The van der Waals surface area contributed by atoms with Gasteiger partial charge in [0.25, 0.3) is 5.91 Å². The third-order valence-corrected chi connectivity index (χ3v) is 11.3. The average molecular weight is 662 g/mol. The molecule has 10 heteroatoms. The number of fused-ring (bicyclic) bond motifs is 1. The number of benzene rings is 2. The minimum atomic E-state index is -1.45. The maximum atomic E-state index is 13.1. The number of likely N-dealkylation sites (N-methyl/N-ethyl adjacent to an activating group) is 1. The molecule has 258 valence electrons.